The first-order valence-electron chi connectivity index (χ1n) is 7.01. The molecule has 0 heterocycles. The van der Waals surface area contributed by atoms with E-state index in [4.69, 9.17) is 5.73 Å². The number of aryl methyl sites for hydroxylation is 2. The van der Waals surface area contributed by atoms with E-state index >= 15 is 0 Å². The van der Waals surface area contributed by atoms with Crippen LogP contribution in [-0.4, -0.2) is 30.4 Å². The van der Waals surface area contributed by atoms with Crippen LogP contribution in [0, 0.1) is 19.8 Å². The topological polar surface area (TPSA) is 46.3 Å². The summed E-state index contributed by atoms with van der Waals surface area (Å²) < 4.78 is 0. The summed E-state index contributed by atoms with van der Waals surface area (Å²) in [6, 6.07) is 6.60. The van der Waals surface area contributed by atoms with E-state index in [0.717, 1.165) is 24.9 Å². The van der Waals surface area contributed by atoms with Crippen molar-refractivity contribution < 1.29 is 4.79 Å². The van der Waals surface area contributed by atoms with E-state index in [1.165, 1.54) is 11.1 Å². The second-order valence-corrected chi connectivity index (χ2v) is 5.97. The Bertz CT molecular complexity index is 464. The number of nitrogens with zero attached hydrogens (tertiary/aromatic N) is 1. The van der Waals surface area contributed by atoms with Gasteiger partial charge in [-0.05, 0) is 49.3 Å². The number of hydrogen-bond donors (Lipinski definition) is 1. The van der Waals surface area contributed by atoms with Gasteiger partial charge in [0.15, 0.2) is 0 Å². The van der Waals surface area contributed by atoms with Crippen molar-refractivity contribution in [2.24, 2.45) is 11.7 Å². The minimum Gasteiger partial charge on any atom is -0.345 e. The highest BCUT2D eigenvalue weighted by atomic mass is 16.2. The van der Waals surface area contributed by atoms with Gasteiger partial charge in [0.2, 0.25) is 5.91 Å². The van der Waals surface area contributed by atoms with Crippen LogP contribution < -0.4 is 5.73 Å². The maximum absolute atomic E-state index is 12.2. The second kappa shape index (κ2) is 5.74. The first-order valence-corrected chi connectivity index (χ1v) is 7.01. The van der Waals surface area contributed by atoms with E-state index in [0.29, 0.717) is 18.4 Å². The van der Waals surface area contributed by atoms with E-state index in [-0.39, 0.29) is 5.91 Å². The lowest BCUT2D eigenvalue weighted by Gasteiger charge is -2.35. The SMILES string of the molecule is Cc1ccc(CC(=O)N(C)CC2CC(N)C2)cc1C. The van der Waals surface area contributed by atoms with E-state index in [1.54, 1.807) is 0 Å². The molecule has 0 spiro atoms. The van der Waals surface area contributed by atoms with Gasteiger partial charge in [0.1, 0.15) is 0 Å². The third-order valence-electron chi connectivity index (χ3n) is 4.16. The van der Waals surface area contributed by atoms with Gasteiger partial charge in [-0.3, -0.25) is 4.79 Å². The highest BCUT2D eigenvalue weighted by molar-refractivity contribution is 5.78. The Balaban J connectivity index is 1.87. The van der Waals surface area contributed by atoms with Gasteiger partial charge in [-0.25, -0.2) is 0 Å². The van der Waals surface area contributed by atoms with Crippen molar-refractivity contribution in [3.63, 3.8) is 0 Å². The Labute approximate surface area is 115 Å². The molecule has 1 aromatic rings. The van der Waals surface area contributed by atoms with Crippen LogP contribution in [0.4, 0.5) is 0 Å². The molecule has 2 N–H and O–H groups in total. The molecular weight excluding hydrogens is 236 g/mol. The Morgan fingerprint density at radius 2 is 2.00 bits per heavy atom. The van der Waals surface area contributed by atoms with Gasteiger partial charge in [0.25, 0.3) is 0 Å². The van der Waals surface area contributed by atoms with Gasteiger partial charge >= 0.3 is 0 Å². The van der Waals surface area contributed by atoms with E-state index < -0.39 is 0 Å². The number of likely N-dealkylation sites (N-methyl/N-ethyl adjacent to an activating group) is 1. The van der Waals surface area contributed by atoms with Crippen LogP contribution in [0.3, 0.4) is 0 Å². The molecule has 1 aliphatic carbocycles. The summed E-state index contributed by atoms with van der Waals surface area (Å²) in [4.78, 5) is 14.0. The molecule has 19 heavy (non-hydrogen) atoms. The molecule has 3 nitrogen and oxygen atoms in total. The van der Waals surface area contributed by atoms with Crippen LogP contribution in [0.25, 0.3) is 0 Å². The number of amides is 1. The molecule has 1 aromatic carbocycles. The van der Waals surface area contributed by atoms with Gasteiger partial charge in [0, 0.05) is 19.6 Å². The van der Waals surface area contributed by atoms with Gasteiger partial charge < -0.3 is 10.6 Å². The largest absolute Gasteiger partial charge is 0.345 e. The fraction of sp³-hybridized carbons (Fsp3) is 0.562. The van der Waals surface area contributed by atoms with Gasteiger partial charge in [-0.2, -0.15) is 0 Å². The van der Waals surface area contributed by atoms with Crippen molar-refractivity contribution in [1.82, 2.24) is 4.90 Å². The normalized spacial score (nSPS) is 21.9. The minimum atomic E-state index is 0.198. The molecule has 0 unspecified atom stereocenters. The van der Waals surface area contributed by atoms with Crippen molar-refractivity contribution in [2.75, 3.05) is 13.6 Å². The molecule has 104 valence electrons. The van der Waals surface area contributed by atoms with Crippen molar-refractivity contribution in [3.05, 3.63) is 34.9 Å². The summed E-state index contributed by atoms with van der Waals surface area (Å²) in [5, 5.41) is 0. The Morgan fingerprint density at radius 1 is 1.32 bits per heavy atom. The zero-order valence-electron chi connectivity index (χ0n) is 12.1. The number of benzene rings is 1. The zero-order chi connectivity index (χ0) is 14.0. The summed E-state index contributed by atoms with van der Waals surface area (Å²) in [6.07, 6.45) is 2.61. The van der Waals surface area contributed by atoms with Gasteiger partial charge in [-0.1, -0.05) is 18.2 Å². The summed E-state index contributed by atoms with van der Waals surface area (Å²) in [7, 11) is 1.90. The van der Waals surface area contributed by atoms with Crippen LogP contribution in [0.1, 0.15) is 29.5 Å². The van der Waals surface area contributed by atoms with Crippen LogP contribution in [0.15, 0.2) is 18.2 Å². The predicted octanol–water partition coefficient (Wildman–Crippen LogP) is 2.04. The molecule has 0 aromatic heterocycles. The summed E-state index contributed by atoms with van der Waals surface area (Å²) in [5.74, 6) is 0.799. The van der Waals surface area contributed by atoms with Crippen molar-refractivity contribution in [1.29, 1.82) is 0 Å². The van der Waals surface area contributed by atoms with Crippen LogP contribution in [-0.2, 0) is 11.2 Å². The van der Waals surface area contributed by atoms with Crippen molar-refractivity contribution >= 4 is 5.91 Å². The van der Waals surface area contributed by atoms with Crippen LogP contribution >= 0.6 is 0 Å². The van der Waals surface area contributed by atoms with E-state index in [1.807, 2.05) is 18.0 Å². The lowest BCUT2D eigenvalue weighted by atomic mass is 9.80. The predicted molar refractivity (Wildman–Crippen MR) is 78.0 cm³/mol. The lowest BCUT2D eigenvalue weighted by Crippen LogP contribution is -2.43. The monoisotopic (exact) mass is 260 g/mol. The average Bonchev–Trinajstić information content (AvgIpc) is 2.31. The zero-order valence-corrected chi connectivity index (χ0v) is 12.1. The molecule has 1 fully saturated rings. The third-order valence-corrected chi connectivity index (χ3v) is 4.16. The summed E-state index contributed by atoms with van der Waals surface area (Å²) in [5.41, 5.74) is 9.39. The van der Waals surface area contributed by atoms with Crippen LogP contribution in [0.5, 0.6) is 0 Å². The highest BCUT2D eigenvalue weighted by Crippen LogP contribution is 2.26. The molecule has 0 atom stereocenters. The average molecular weight is 260 g/mol. The minimum absolute atomic E-state index is 0.198. The Morgan fingerprint density at radius 3 is 2.58 bits per heavy atom. The lowest BCUT2D eigenvalue weighted by molar-refractivity contribution is -0.130. The fourth-order valence-corrected chi connectivity index (χ4v) is 2.65. The molecule has 3 heteroatoms. The number of hydrogen-bond acceptors (Lipinski definition) is 2. The van der Waals surface area contributed by atoms with E-state index in [9.17, 15) is 4.79 Å². The number of carbonyl (C=O) groups is 1. The standard InChI is InChI=1S/C16H24N2O/c1-11-4-5-13(6-12(11)2)9-16(19)18(3)10-14-7-15(17)8-14/h4-6,14-15H,7-10,17H2,1-3H3. The number of nitrogens with two attached hydrogens (primary N) is 1. The smallest absolute Gasteiger partial charge is 0.226 e. The summed E-state index contributed by atoms with van der Waals surface area (Å²) in [6.45, 7) is 5.02. The maximum Gasteiger partial charge on any atom is 0.226 e. The van der Waals surface area contributed by atoms with Crippen LogP contribution in [0.2, 0.25) is 0 Å². The molecule has 2 rings (SSSR count). The quantitative estimate of drug-likeness (QED) is 0.900. The first kappa shape index (κ1) is 14.1. The van der Waals surface area contributed by atoms with Crippen molar-refractivity contribution in [2.45, 2.75) is 39.2 Å². The second-order valence-electron chi connectivity index (χ2n) is 5.97. The first-order chi connectivity index (χ1) is 8.95. The van der Waals surface area contributed by atoms with Gasteiger partial charge in [0.05, 0.1) is 6.42 Å². The van der Waals surface area contributed by atoms with Crippen molar-refractivity contribution in [3.8, 4) is 0 Å². The highest BCUT2D eigenvalue weighted by Gasteiger charge is 2.27. The Kier molecular flexibility index (Phi) is 4.25. The molecule has 1 aliphatic rings. The van der Waals surface area contributed by atoms with Gasteiger partial charge in [-0.15, -0.1) is 0 Å². The molecule has 0 aliphatic heterocycles. The fourth-order valence-electron chi connectivity index (χ4n) is 2.65. The molecular formula is C16H24N2O. The Hall–Kier alpha value is -1.35. The maximum atomic E-state index is 12.2. The third kappa shape index (κ3) is 3.57. The summed E-state index contributed by atoms with van der Waals surface area (Å²) >= 11 is 0. The number of rotatable bonds is 4. The molecule has 0 radical (unpaired) electrons. The van der Waals surface area contributed by atoms with E-state index in [2.05, 4.69) is 26.0 Å². The molecule has 1 amide bonds. The number of carbonyl (C=O) groups excluding carboxylic acids is 1. The molecule has 1 saturated carbocycles. The molecule has 0 saturated heterocycles. The molecule has 0 bridgehead atoms.